The maximum absolute atomic E-state index is 10.4. The van der Waals surface area contributed by atoms with E-state index in [9.17, 15) is 4.79 Å². The Bertz CT molecular complexity index is 76.5. The molecule has 8 heavy (non-hydrogen) atoms. The first-order valence-electron chi connectivity index (χ1n) is 2.54. The van der Waals surface area contributed by atoms with Crippen LogP contribution in [0, 0.1) is 0 Å². The van der Waals surface area contributed by atoms with Gasteiger partial charge >= 0.3 is 0 Å². The van der Waals surface area contributed by atoms with Crippen LogP contribution in [0.15, 0.2) is 0 Å². The molecular weight excluding hydrogens is 141 g/mol. The third-order valence-corrected chi connectivity index (χ3v) is 1.10. The summed E-state index contributed by atoms with van der Waals surface area (Å²) < 4.78 is 0. The maximum atomic E-state index is 10.4. The molecule has 1 aliphatic heterocycles. The van der Waals surface area contributed by atoms with E-state index in [1.807, 2.05) is 0 Å². The normalized spacial score (nSPS) is 19.8. The molecule has 0 unspecified atom stereocenters. The first-order valence-corrected chi connectivity index (χ1v) is 2.54. The molecule has 0 aromatic heterocycles. The van der Waals surface area contributed by atoms with Gasteiger partial charge in [0.05, 0.1) is 0 Å². The molecule has 0 aliphatic carbocycles. The van der Waals surface area contributed by atoms with Crippen molar-refractivity contribution in [1.29, 1.82) is 0 Å². The number of carbonyl (C=O) groups excluding carboxylic acids is 1. The van der Waals surface area contributed by atoms with Crippen molar-refractivity contribution in [1.82, 2.24) is 0 Å². The van der Waals surface area contributed by atoms with Crippen molar-refractivity contribution < 1.29 is 23.4 Å². The average molecular weight is 149 g/mol. The van der Waals surface area contributed by atoms with Crippen molar-refractivity contribution in [2.45, 2.75) is 12.8 Å². The summed E-state index contributed by atoms with van der Waals surface area (Å²) in [6, 6.07) is 0. The summed E-state index contributed by atoms with van der Waals surface area (Å²) in [7, 11) is 0. The van der Waals surface area contributed by atoms with Gasteiger partial charge < -0.3 is 5.32 Å². The van der Waals surface area contributed by atoms with Crippen LogP contribution in [-0.4, -0.2) is 18.9 Å². The van der Waals surface area contributed by atoms with E-state index in [0.717, 1.165) is 13.1 Å². The fraction of sp³-hybridized carbons (Fsp3) is 0.800. The van der Waals surface area contributed by atoms with Crippen LogP contribution < -0.4 is 0 Å². The van der Waals surface area contributed by atoms with Crippen LogP contribution in [0.2, 0.25) is 0 Å². The van der Waals surface area contributed by atoms with Gasteiger partial charge in [0, 0.05) is 18.6 Å². The number of rotatable bonds is 0. The number of ketones is 1. The second kappa shape index (κ2) is 4.13. The quantitative estimate of drug-likeness (QED) is 0.499. The largest absolute Gasteiger partial charge is 0.662 e. The van der Waals surface area contributed by atoms with Crippen molar-refractivity contribution in [3.63, 3.8) is 0 Å². The Morgan fingerprint density at radius 1 is 1.25 bits per heavy atom. The average Bonchev–Trinajstić information content (AvgIpc) is 1.69. The van der Waals surface area contributed by atoms with E-state index in [2.05, 4.69) is 5.32 Å². The zero-order valence-electron chi connectivity index (χ0n) is 4.63. The van der Waals surface area contributed by atoms with Crippen LogP contribution in [0.5, 0.6) is 0 Å². The van der Waals surface area contributed by atoms with Crippen LogP contribution in [-0.2, 0) is 23.4 Å². The number of nitrogens with zero attached hydrogens (tertiary/aromatic N) is 1. The van der Waals surface area contributed by atoms with Crippen LogP contribution >= 0.6 is 0 Å². The molecule has 1 heterocycles. The van der Waals surface area contributed by atoms with Gasteiger partial charge in [0.1, 0.15) is 5.78 Å². The van der Waals surface area contributed by atoms with Crippen LogP contribution in [0.1, 0.15) is 12.8 Å². The Morgan fingerprint density at radius 2 is 1.75 bits per heavy atom. The SMILES string of the molecule is O=C1CC[N-]CC1.[V]. The van der Waals surface area contributed by atoms with Gasteiger partial charge in [-0.3, -0.25) is 4.79 Å². The Hall–Kier alpha value is 0.214. The molecular formula is C5H8NOV-. The number of carbonyl (C=O) groups is 1. The molecule has 0 saturated carbocycles. The van der Waals surface area contributed by atoms with Gasteiger partial charge in [0.15, 0.2) is 0 Å². The smallest absolute Gasteiger partial charge is 0.129 e. The Morgan fingerprint density at radius 3 is 2.00 bits per heavy atom. The molecule has 1 saturated heterocycles. The summed E-state index contributed by atoms with van der Waals surface area (Å²) in [5.74, 6) is 0.370. The molecule has 0 bridgehead atoms. The molecule has 0 aromatic carbocycles. The molecule has 0 aromatic rings. The molecule has 2 nitrogen and oxygen atoms in total. The number of hydrogen-bond acceptors (Lipinski definition) is 1. The van der Waals surface area contributed by atoms with Crippen LogP contribution in [0.3, 0.4) is 0 Å². The molecule has 0 spiro atoms. The summed E-state index contributed by atoms with van der Waals surface area (Å²) in [5, 5.41) is 4.01. The van der Waals surface area contributed by atoms with Gasteiger partial charge in [-0.05, 0) is 12.8 Å². The van der Waals surface area contributed by atoms with Gasteiger partial charge in [-0.25, -0.2) is 0 Å². The zero-order valence-corrected chi connectivity index (χ0v) is 6.03. The Balaban J connectivity index is 0.000000490. The summed E-state index contributed by atoms with van der Waals surface area (Å²) in [6.45, 7) is 1.53. The first kappa shape index (κ1) is 8.21. The summed E-state index contributed by atoms with van der Waals surface area (Å²) in [5.41, 5.74) is 0. The zero-order chi connectivity index (χ0) is 5.11. The number of piperidine rings is 1. The predicted molar refractivity (Wildman–Crippen MR) is 27.3 cm³/mol. The van der Waals surface area contributed by atoms with E-state index in [4.69, 9.17) is 0 Å². The second-order valence-corrected chi connectivity index (χ2v) is 1.71. The molecule has 45 valence electrons. The van der Waals surface area contributed by atoms with E-state index in [1.165, 1.54) is 0 Å². The van der Waals surface area contributed by atoms with Crippen molar-refractivity contribution in [2.24, 2.45) is 0 Å². The van der Waals surface area contributed by atoms with E-state index in [-0.39, 0.29) is 18.6 Å². The van der Waals surface area contributed by atoms with E-state index in [1.54, 1.807) is 0 Å². The minimum atomic E-state index is 0. The third-order valence-electron chi connectivity index (χ3n) is 1.10. The van der Waals surface area contributed by atoms with E-state index in [0.29, 0.717) is 18.6 Å². The monoisotopic (exact) mass is 149 g/mol. The Kier molecular flexibility index (Phi) is 4.24. The standard InChI is InChI=1S/C5H8NO.V/c7-5-1-3-6-4-2-5;/h1-4H2;/q-1;. The van der Waals surface area contributed by atoms with E-state index < -0.39 is 0 Å². The molecule has 1 rings (SSSR count). The minimum Gasteiger partial charge on any atom is -0.662 e. The molecule has 0 atom stereocenters. The fourth-order valence-electron chi connectivity index (χ4n) is 0.644. The van der Waals surface area contributed by atoms with Crippen molar-refractivity contribution in [2.75, 3.05) is 13.1 Å². The van der Waals surface area contributed by atoms with Gasteiger partial charge in [-0.2, -0.15) is 0 Å². The van der Waals surface area contributed by atoms with Crippen molar-refractivity contribution in [3.05, 3.63) is 5.32 Å². The first-order chi connectivity index (χ1) is 3.39. The fourth-order valence-corrected chi connectivity index (χ4v) is 0.644. The predicted octanol–water partition coefficient (Wildman–Crippen LogP) is 0.721. The number of hydrogen-bond donors (Lipinski definition) is 0. The van der Waals surface area contributed by atoms with Gasteiger partial charge in [0.2, 0.25) is 0 Å². The Labute approximate surface area is 60.9 Å². The van der Waals surface area contributed by atoms with Crippen molar-refractivity contribution >= 4 is 5.78 Å². The summed E-state index contributed by atoms with van der Waals surface area (Å²) in [4.78, 5) is 10.4. The van der Waals surface area contributed by atoms with Gasteiger partial charge in [-0.15, -0.1) is 13.1 Å². The molecule has 0 amide bonds. The molecule has 3 heteroatoms. The van der Waals surface area contributed by atoms with Crippen molar-refractivity contribution in [3.8, 4) is 0 Å². The molecule has 1 aliphatic rings. The molecule has 0 N–H and O–H groups in total. The minimum absolute atomic E-state index is 0. The van der Waals surface area contributed by atoms with E-state index >= 15 is 0 Å². The third kappa shape index (κ3) is 2.50. The second-order valence-electron chi connectivity index (χ2n) is 1.71. The van der Waals surface area contributed by atoms with Gasteiger partial charge in [-0.1, -0.05) is 0 Å². The molecule has 1 fully saturated rings. The molecule has 1 radical (unpaired) electrons. The summed E-state index contributed by atoms with van der Waals surface area (Å²) in [6.07, 6.45) is 1.36. The van der Waals surface area contributed by atoms with Crippen LogP contribution in [0.25, 0.3) is 5.32 Å². The topological polar surface area (TPSA) is 31.2 Å². The van der Waals surface area contributed by atoms with Crippen LogP contribution in [0.4, 0.5) is 0 Å². The maximum Gasteiger partial charge on any atom is 0.129 e. The van der Waals surface area contributed by atoms with Gasteiger partial charge in [0.25, 0.3) is 0 Å². The number of Topliss-reactive ketones (excluding diaryl/α,β-unsaturated/α-hetero) is 1. The summed E-state index contributed by atoms with van der Waals surface area (Å²) >= 11 is 0.